The zero-order chi connectivity index (χ0) is 54.7. The summed E-state index contributed by atoms with van der Waals surface area (Å²) < 4.78 is 70.3. The quantitative estimate of drug-likeness (QED) is 0.0880. The number of anilines is 4. The Bertz CT molecular complexity index is 3500. The van der Waals surface area contributed by atoms with Gasteiger partial charge in [-0.25, -0.2) is 16.8 Å². The van der Waals surface area contributed by atoms with E-state index in [1.165, 1.54) is 24.9 Å². The number of hydrogen-bond acceptors (Lipinski definition) is 14. The molecule has 2 aliphatic heterocycles. The van der Waals surface area contributed by atoms with Gasteiger partial charge in [-0.1, -0.05) is 73.4 Å². The number of benzene rings is 4. The van der Waals surface area contributed by atoms with E-state index >= 15 is 0 Å². The third-order valence-corrected chi connectivity index (χ3v) is 18.3. The number of halogens is 2. The van der Waals surface area contributed by atoms with Crippen LogP contribution in [0.15, 0.2) is 119 Å². The van der Waals surface area contributed by atoms with Crippen molar-refractivity contribution < 1.29 is 31.1 Å². The van der Waals surface area contributed by atoms with Crippen molar-refractivity contribution in [1.82, 2.24) is 28.2 Å². The van der Waals surface area contributed by atoms with Crippen molar-refractivity contribution in [3.05, 3.63) is 151 Å². The summed E-state index contributed by atoms with van der Waals surface area (Å²) in [6.45, 7) is 9.17. The molecule has 408 valence electrons. The normalized spacial score (nSPS) is 17.2. The van der Waals surface area contributed by atoms with Gasteiger partial charge in [-0.2, -0.15) is 28.2 Å². The van der Waals surface area contributed by atoms with Crippen molar-refractivity contribution in [3.63, 3.8) is 0 Å². The summed E-state index contributed by atoms with van der Waals surface area (Å²) in [5, 5.41) is 12.5. The molecule has 4 aromatic carbocycles. The Labute approximate surface area is 458 Å². The van der Waals surface area contributed by atoms with E-state index in [4.69, 9.17) is 38.4 Å². The molecule has 0 radical (unpaired) electrons. The number of hydrogen-bond donors (Lipinski definition) is 2. The average Bonchev–Trinajstić information content (AvgIpc) is 4.33. The molecule has 77 heavy (non-hydrogen) atoms. The van der Waals surface area contributed by atoms with Crippen molar-refractivity contribution in [2.75, 3.05) is 86.4 Å². The smallest absolute Gasteiger partial charge is 0.316 e. The molecule has 1 amide bonds. The molecule has 2 aliphatic carbocycles. The average molecular weight is 1130 g/mol. The third kappa shape index (κ3) is 13.8. The summed E-state index contributed by atoms with van der Waals surface area (Å²) in [5.41, 5.74) is 9.69. The van der Waals surface area contributed by atoms with Crippen molar-refractivity contribution in [2.24, 2.45) is 10.8 Å². The number of nitrogens with two attached hydrogens (primary N) is 1. The van der Waals surface area contributed by atoms with E-state index in [1.54, 1.807) is 109 Å². The summed E-state index contributed by atoms with van der Waals surface area (Å²) in [7, 11) is -7.12. The first-order chi connectivity index (χ1) is 36.7. The van der Waals surface area contributed by atoms with Crippen LogP contribution < -0.4 is 41.4 Å². The number of carbonyl (C=O) groups is 1. The molecule has 0 spiro atoms. The molecule has 0 bridgehead atoms. The summed E-state index contributed by atoms with van der Waals surface area (Å²) >= 11 is 12.3. The fourth-order valence-electron chi connectivity index (χ4n) is 9.02. The van der Waals surface area contributed by atoms with Gasteiger partial charge in [0.25, 0.3) is 0 Å². The Kier molecular flexibility index (Phi) is 16.4. The Balaban J connectivity index is 0.000000188. The van der Waals surface area contributed by atoms with Crippen LogP contribution in [0.3, 0.4) is 0 Å². The van der Waals surface area contributed by atoms with Crippen LogP contribution in [-0.2, 0) is 36.3 Å². The number of aromatic nitrogens is 4. The van der Waals surface area contributed by atoms with E-state index in [0.29, 0.717) is 108 Å². The Morgan fingerprint density at radius 2 is 1.03 bits per heavy atom. The number of nitrogen functional groups attached to an aromatic ring is 1. The summed E-state index contributed by atoms with van der Waals surface area (Å²) in [4.78, 5) is 42.4. The van der Waals surface area contributed by atoms with Gasteiger partial charge in [0.15, 0.2) is 0 Å². The molecule has 23 heteroatoms. The van der Waals surface area contributed by atoms with Crippen LogP contribution in [-0.4, -0.2) is 116 Å². The number of nitrogens with zero attached hydrogens (tertiary/aromatic N) is 8. The Morgan fingerprint density at radius 3 is 1.43 bits per heavy atom. The molecular weight excluding hydrogens is 1070 g/mol. The van der Waals surface area contributed by atoms with E-state index in [9.17, 15) is 31.2 Å². The molecule has 4 aliphatic rings. The highest BCUT2D eigenvalue weighted by Crippen LogP contribution is 2.46. The van der Waals surface area contributed by atoms with Crippen molar-refractivity contribution in [2.45, 2.75) is 58.0 Å². The highest BCUT2D eigenvalue weighted by atomic mass is 35.5. The first-order valence-electron chi connectivity index (χ1n) is 25.4. The molecule has 2 saturated carbocycles. The minimum absolute atomic E-state index is 0.0535. The molecule has 4 heterocycles. The SMILES string of the molecule is CC(=O)Nc1cccc(CS(=O)(=O)N2CCN(c3cnn(-c4cccc(Cl)c4)c(=O)c3OCC3(C)CC3)CC2)c1.CC1(COc2c(N3CCN(S(=O)(=O)Cc4cccc(N)c4)CC3)cnn(-c3cccc(Cl)c3)c2=O)CC1. The molecule has 10 rings (SSSR count). The van der Waals surface area contributed by atoms with Crippen molar-refractivity contribution in [3.8, 4) is 22.9 Å². The van der Waals surface area contributed by atoms with Crippen LogP contribution in [0.5, 0.6) is 11.5 Å². The van der Waals surface area contributed by atoms with E-state index in [1.807, 2.05) is 9.80 Å². The lowest BCUT2D eigenvalue weighted by Crippen LogP contribution is -2.49. The molecular formula is C54H62Cl2N10O9S2. The number of sulfonamides is 2. The molecule has 6 aromatic rings. The van der Waals surface area contributed by atoms with Crippen LogP contribution in [0.25, 0.3) is 11.4 Å². The lowest BCUT2D eigenvalue weighted by Gasteiger charge is -2.35. The highest BCUT2D eigenvalue weighted by Gasteiger charge is 2.40. The fraction of sp³-hybridized carbons (Fsp3) is 0.389. The second-order valence-corrected chi connectivity index (χ2v) is 25.5. The molecule has 19 nitrogen and oxygen atoms in total. The second kappa shape index (κ2) is 22.8. The number of ether oxygens (including phenoxy) is 2. The first kappa shape index (κ1) is 55.3. The van der Waals surface area contributed by atoms with Gasteiger partial charge < -0.3 is 30.3 Å². The van der Waals surface area contributed by atoms with Gasteiger partial charge in [-0.05, 0) is 97.5 Å². The number of carbonyl (C=O) groups excluding carboxylic acids is 1. The fourth-order valence-corrected chi connectivity index (χ4v) is 12.4. The molecule has 0 atom stereocenters. The first-order valence-corrected chi connectivity index (χ1v) is 29.3. The summed E-state index contributed by atoms with van der Waals surface area (Å²) in [5.74, 6) is -0.0823. The van der Waals surface area contributed by atoms with E-state index in [2.05, 4.69) is 29.4 Å². The topological polar surface area (TPSA) is 225 Å². The van der Waals surface area contributed by atoms with Crippen LogP contribution in [0.2, 0.25) is 10.0 Å². The maximum atomic E-state index is 13.6. The summed E-state index contributed by atoms with van der Waals surface area (Å²) in [6.07, 6.45) is 7.41. The van der Waals surface area contributed by atoms with E-state index in [0.717, 1.165) is 25.7 Å². The number of rotatable bonds is 17. The van der Waals surface area contributed by atoms with Gasteiger partial charge in [0.1, 0.15) is 11.4 Å². The lowest BCUT2D eigenvalue weighted by molar-refractivity contribution is -0.114. The minimum atomic E-state index is -3.60. The van der Waals surface area contributed by atoms with Gasteiger partial charge in [0.2, 0.25) is 37.5 Å². The van der Waals surface area contributed by atoms with Crippen LogP contribution in [0.1, 0.15) is 57.6 Å². The van der Waals surface area contributed by atoms with Gasteiger partial charge in [-0.3, -0.25) is 14.4 Å². The van der Waals surface area contributed by atoms with Crippen molar-refractivity contribution >= 4 is 71.9 Å². The lowest BCUT2D eigenvalue weighted by atomic mass is 10.2. The standard InChI is InChI=1S/C28H32ClN5O5S.C26H30ClN5O4S/c1-20(35)31-23-7-3-5-21(15-23)18-40(37,38)33-13-11-32(12-14-33)25-17-30-34(24-8-4-6-22(29)16-24)27(36)26(25)39-19-28(2)9-10-28;1-26(8-9-26)18-36-24-23(16-29-32(25(24)33)22-7-3-5-20(27)15-22)30-10-12-31(13-11-30)37(34,35)17-19-4-2-6-21(28)14-19/h3-8,15-17H,9-14,18-19H2,1-2H3,(H,31,35);2-7,14-16H,8-13,17-18,28H2,1H3. The number of amides is 1. The zero-order valence-electron chi connectivity index (χ0n) is 43.1. The van der Waals surface area contributed by atoms with Gasteiger partial charge >= 0.3 is 11.1 Å². The molecule has 3 N–H and O–H groups in total. The van der Waals surface area contributed by atoms with E-state index < -0.39 is 25.6 Å². The number of nitrogens with one attached hydrogen (secondary N) is 1. The van der Waals surface area contributed by atoms with Gasteiger partial charge in [0, 0.05) is 91.5 Å². The zero-order valence-corrected chi connectivity index (χ0v) is 46.3. The van der Waals surface area contributed by atoms with E-state index in [-0.39, 0.29) is 58.4 Å². The molecule has 2 aromatic heterocycles. The Morgan fingerprint density at radius 1 is 0.610 bits per heavy atom. The highest BCUT2D eigenvalue weighted by molar-refractivity contribution is 7.88. The maximum Gasteiger partial charge on any atom is 0.316 e. The predicted molar refractivity (Wildman–Crippen MR) is 300 cm³/mol. The molecule has 0 unspecified atom stereocenters. The largest absolute Gasteiger partial charge is 0.486 e. The monoisotopic (exact) mass is 1130 g/mol. The summed E-state index contributed by atoms with van der Waals surface area (Å²) in [6, 6.07) is 27.6. The number of piperazine rings is 2. The van der Waals surface area contributed by atoms with Crippen LogP contribution in [0.4, 0.5) is 22.7 Å². The van der Waals surface area contributed by atoms with Crippen LogP contribution in [0, 0.1) is 10.8 Å². The van der Waals surface area contributed by atoms with Gasteiger partial charge in [0.05, 0.1) is 48.5 Å². The molecule has 4 fully saturated rings. The predicted octanol–water partition coefficient (Wildman–Crippen LogP) is 6.97. The van der Waals surface area contributed by atoms with Crippen molar-refractivity contribution in [1.29, 1.82) is 0 Å². The van der Waals surface area contributed by atoms with Gasteiger partial charge in [-0.15, -0.1) is 0 Å². The minimum Gasteiger partial charge on any atom is -0.486 e. The molecule has 2 saturated heterocycles. The maximum absolute atomic E-state index is 13.6. The van der Waals surface area contributed by atoms with Crippen LogP contribution >= 0.6 is 23.2 Å². The second-order valence-electron chi connectivity index (χ2n) is 20.7. The third-order valence-electron chi connectivity index (χ3n) is 14.1. The Hall–Kier alpha value is -6.49.